The van der Waals surface area contributed by atoms with E-state index in [1.807, 2.05) is 23.2 Å². The summed E-state index contributed by atoms with van der Waals surface area (Å²) in [5.41, 5.74) is 9.65. The molecule has 0 bridgehead atoms. The zero-order chi connectivity index (χ0) is 25.4. The number of fused-ring (bicyclic) bond motifs is 3. The number of rotatable bonds is 7. The average molecular weight is 506 g/mol. The number of aromatic amines is 1. The third-order valence-electron chi connectivity index (χ3n) is 7.72. The number of hydrogen-bond acceptors (Lipinski definition) is 9. The summed E-state index contributed by atoms with van der Waals surface area (Å²) >= 11 is 0. The molecule has 37 heavy (non-hydrogen) atoms. The number of H-pyrrole nitrogens is 1. The van der Waals surface area contributed by atoms with Crippen molar-refractivity contribution in [2.24, 2.45) is 0 Å². The van der Waals surface area contributed by atoms with Gasteiger partial charge in [0, 0.05) is 57.1 Å². The second-order valence-electron chi connectivity index (χ2n) is 10.3. The number of carbonyl (C=O) groups is 1. The molecular formula is C27H35N7O3. The van der Waals surface area contributed by atoms with Gasteiger partial charge in [0.05, 0.1) is 35.7 Å². The van der Waals surface area contributed by atoms with Gasteiger partial charge in [-0.3, -0.25) is 14.8 Å². The molecule has 2 saturated heterocycles. The number of morpholine rings is 1. The van der Waals surface area contributed by atoms with Crippen molar-refractivity contribution in [2.45, 2.75) is 19.2 Å². The molecular weight excluding hydrogens is 470 g/mol. The number of piperazine rings is 1. The molecule has 2 fully saturated rings. The van der Waals surface area contributed by atoms with E-state index in [4.69, 9.17) is 4.74 Å². The first kappa shape index (κ1) is 24.5. The van der Waals surface area contributed by atoms with Crippen LogP contribution in [0.25, 0.3) is 16.8 Å². The van der Waals surface area contributed by atoms with E-state index in [1.165, 1.54) is 5.57 Å². The maximum atomic E-state index is 13.7. The Bertz CT molecular complexity index is 1220. The highest BCUT2D eigenvalue weighted by Crippen LogP contribution is 2.43. The molecule has 3 heterocycles. The van der Waals surface area contributed by atoms with Crippen molar-refractivity contribution in [1.82, 2.24) is 30.4 Å². The van der Waals surface area contributed by atoms with Gasteiger partial charge in [0.2, 0.25) is 0 Å². The number of ketones is 1. The van der Waals surface area contributed by atoms with Crippen molar-refractivity contribution in [1.29, 1.82) is 0 Å². The lowest BCUT2D eigenvalue weighted by atomic mass is 9.93. The molecule has 1 aromatic heterocycles. The van der Waals surface area contributed by atoms with E-state index >= 15 is 0 Å². The molecule has 1 atom stereocenters. The molecule has 2 aromatic rings. The number of benzene rings is 1. The zero-order valence-electron chi connectivity index (χ0n) is 21.3. The van der Waals surface area contributed by atoms with Gasteiger partial charge in [0.1, 0.15) is 0 Å². The van der Waals surface area contributed by atoms with Gasteiger partial charge in [0.15, 0.2) is 12.1 Å². The van der Waals surface area contributed by atoms with E-state index < -0.39 is 6.35 Å². The van der Waals surface area contributed by atoms with E-state index in [9.17, 15) is 9.90 Å². The number of hydrogen-bond donors (Lipinski definition) is 4. The van der Waals surface area contributed by atoms with Crippen LogP contribution in [-0.2, 0) is 4.74 Å². The lowest BCUT2D eigenvalue weighted by Crippen LogP contribution is -2.52. The molecule has 6 rings (SSSR count). The van der Waals surface area contributed by atoms with Crippen LogP contribution in [0.4, 0.5) is 5.69 Å². The van der Waals surface area contributed by atoms with Gasteiger partial charge >= 0.3 is 0 Å². The van der Waals surface area contributed by atoms with Gasteiger partial charge < -0.3 is 20.1 Å². The number of allylic oxidation sites excluding steroid dienone is 3. The Balaban J connectivity index is 1.18. The maximum Gasteiger partial charge on any atom is 0.200 e. The van der Waals surface area contributed by atoms with Crippen LogP contribution in [-0.4, -0.2) is 108 Å². The summed E-state index contributed by atoms with van der Waals surface area (Å²) in [6, 6.07) is 5.64. The number of hydrazine groups is 1. The quantitative estimate of drug-likeness (QED) is 0.355. The second-order valence-corrected chi connectivity index (χ2v) is 10.3. The van der Waals surface area contributed by atoms with Crippen LogP contribution in [0.3, 0.4) is 0 Å². The average Bonchev–Trinajstić information content (AvgIpc) is 3.47. The number of aromatic nitrogens is 2. The third kappa shape index (κ3) is 5.00. The lowest BCUT2D eigenvalue weighted by molar-refractivity contribution is -0.0246. The molecule has 0 amide bonds. The Kier molecular flexibility index (Phi) is 6.94. The van der Waals surface area contributed by atoms with Gasteiger partial charge in [-0.15, -0.1) is 0 Å². The minimum atomic E-state index is -1.03. The smallest absolute Gasteiger partial charge is 0.200 e. The van der Waals surface area contributed by atoms with E-state index in [-0.39, 0.29) is 5.78 Å². The normalized spacial score (nSPS) is 21.8. The van der Waals surface area contributed by atoms with Crippen molar-refractivity contribution in [3.05, 3.63) is 52.7 Å². The van der Waals surface area contributed by atoms with E-state index in [0.717, 1.165) is 68.1 Å². The standard InChI is InChI=1S/C27H35N7O3/c1-32-9-11-33(12-10-32)17-18-5-7-19(8-6-18)24-23-25(30-29-24)20-3-2-4-21(22(20)26(23)35)28-27(36)31-34-13-15-37-16-14-34/h2-5,7,27-28,31,36H,6,8-17H2,1H3,(H,29,30). The fraction of sp³-hybridized carbons (Fsp3) is 0.481. The van der Waals surface area contributed by atoms with E-state index in [2.05, 4.69) is 49.9 Å². The zero-order valence-corrected chi connectivity index (χ0v) is 21.3. The van der Waals surface area contributed by atoms with Crippen LogP contribution in [0.2, 0.25) is 0 Å². The highest BCUT2D eigenvalue weighted by Gasteiger charge is 2.35. The third-order valence-corrected chi connectivity index (χ3v) is 7.72. The van der Waals surface area contributed by atoms with Crippen LogP contribution in [0.1, 0.15) is 34.5 Å². The van der Waals surface area contributed by atoms with E-state index in [1.54, 1.807) is 0 Å². The summed E-state index contributed by atoms with van der Waals surface area (Å²) in [4.78, 5) is 18.6. The van der Waals surface area contributed by atoms with Crippen molar-refractivity contribution < 1.29 is 14.6 Å². The first-order valence-corrected chi connectivity index (χ1v) is 13.2. The highest BCUT2D eigenvalue weighted by atomic mass is 16.5. The fourth-order valence-corrected chi connectivity index (χ4v) is 5.59. The number of aliphatic hydroxyl groups is 1. The number of ether oxygens (including phenoxy) is 1. The fourth-order valence-electron chi connectivity index (χ4n) is 5.59. The molecule has 10 heteroatoms. The molecule has 1 unspecified atom stereocenters. The number of nitrogens with one attached hydrogen (secondary N) is 3. The van der Waals surface area contributed by atoms with Crippen molar-refractivity contribution in [3.63, 3.8) is 0 Å². The highest BCUT2D eigenvalue weighted by molar-refractivity contribution is 6.25. The molecule has 1 aromatic carbocycles. The number of anilines is 1. The predicted octanol–water partition coefficient (Wildman–Crippen LogP) is 1.50. The SMILES string of the molecule is CN1CCN(CC2=CC=C(c3n[nH]c4c3C(=O)c3c(NC(O)NN5CCOCC5)cccc3-4)CC2)CC1. The largest absolute Gasteiger partial charge is 0.379 e. The Morgan fingerprint density at radius 3 is 2.65 bits per heavy atom. The van der Waals surface area contributed by atoms with Crippen LogP contribution in [0.15, 0.2) is 35.9 Å². The Morgan fingerprint density at radius 1 is 1.08 bits per heavy atom. The van der Waals surface area contributed by atoms with Crippen molar-refractivity contribution in [2.75, 3.05) is 71.4 Å². The van der Waals surface area contributed by atoms with Gasteiger partial charge in [-0.25, -0.2) is 10.4 Å². The Labute approximate surface area is 216 Å². The summed E-state index contributed by atoms with van der Waals surface area (Å²) < 4.78 is 5.36. The van der Waals surface area contributed by atoms with Crippen LogP contribution in [0.5, 0.6) is 0 Å². The second kappa shape index (κ2) is 10.5. The summed E-state index contributed by atoms with van der Waals surface area (Å²) in [7, 11) is 2.18. The number of carbonyl (C=O) groups excluding carboxylic acids is 1. The molecule has 0 saturated carbocycles. The van der Waals surface area contributed by atoms with Gasteiger partial charge in [-0.1, -0.05) is 29.9 Å². The van der Waals surface area contributed by atoms with Gasteiger partial charge in [-0.2, -0.15) is 5.10 Å². The number of aliphatic hydroxyl groups excluding tert-OH is 1. The molecule has 196 valence electrons. The van der Waals surface area contributed by atoms with Gasteiger partial charge in [0.25, 0.3) is 0 Å². The first-order valence-electron chi connectivity index (χ1n) is 13.2. The molecule has 2 aliphatic heterocycles. The van der Waals surface area contributed by atoms with Crippen molar-refractivity contribution >= 4 is 17.0 Å². The lowest BCUT2D eigenvalue weighted by Gasteiger charge is -2.33. The van der Waals surface area contributed by atoms with Crippen LogP contribution < -0.4 is 10.7 Å². The van der Waals surface area contributed by atoms with Crippen LogP contribution in [0, 0.1) is 0 Å². The molecule has 0 radical (unpaired) electrons. The predicted molar refractivity (Wildman–Crippen MR) is 142 cm³/mol. The summed E-state index contributed by atoms with van der Waals surface area (Å²) in [6.07, 6.45) is 5.17. The molecule has 2 aliphatic carbocycles. The minimum Gasteiger partial charge on any atom is -0.379 e. The number of likely N-dealkylation sites (N-methyl/N-ethyl adjacent to an activating group) is 1. The minimum absolute atomic E-state index is 0.0662. The Morgan fingerprint density at radius 2 is 1.89 bits per heavy atom. The summed E-state index contributed by atoms with van der Waals surface area (Å²) in [6.45, 7) is 8.07. The molecule has 4 N–H and O–H groups in total. The van der Waals surface area contributed by atoms with Crippen LogP contribution >= 0.6 is 0 Å². The summed E-state index contributed by atoms with van der Waals surface area (Å²) in [5, 5.41) is 23.3. The van der Waals surface area contributed by atoms with E-state index in [0.29, 0.717) is 43.1 Å². The molecule has 10 nitrogen and oxygen atoms in total. The monoisotopic (exact) mass is 505 g/mol. The maximum absolute atomic E-state index is 13.7. The van der Waals surface area contributed by atoms with Gasteiger partial charge in [-0.05, 0) is 31.5 Å². The Hall–Kier alpha value is -2.86. The van der Waals surface area contributed by atoms with Crippen molar-refractivity contribution in [3.8, 4) is 11.3 Å². The first-order chi connectivity index (χ1) is 18.1. The number of nitrogens with zero attached hydrogens (tertiary/aromatic N) is 4. The molecule has 0 spiro atoms. The summed E-state index contributed by atoms with van der Waals surface area (Å²) in [5.74, 6) is -0.0662. The topological polar surface area (TPSA) is 109 Å². The molecule has 4 aliphatic rings.